The van der Waals surface area contributed by atoms with Gasteiger partial charge >= 0.3 is 0 Å². The van der Waals surface area contributed by atoms with Gasteiger partial charge in [0.15, 0.2) is 11.5 Å². The Labute approximate surface area is 123 Å². The summed E-state index contributed by atoms with van der Waals surface area (Å²) in [4.78, 5) is 0. The maximum absolute atomic E-state index is 9.48. The number of hydrogen-bond donors (Lipinski definition) is 3. The van der Waals surface area contributed by atoms with E-state index in [2.05, 4.69) is 12.2 Å². The Morgan fingerprint density at radius 1 is 1.05 bits per heavy atom. The summed E-state index contributed by atoms with van der Waals surface area (Å²) in [6.45, 7) is 2.73. The molecule has 0 fully saturated rings. The molecular formula is C16H18ClNO2. The summed E-state index contributed by atoms with van der Waals surface area (Å²) in [7, 11) is 0. The highest BCUT2D eigenvalue weighted by atomic mass is 35.5. The maximum atomic E-state index is 9.48. The van der Waals surface area contributed by atoms with E-state index in [9.17, 15) is 10.2 Å². The summed E-state index contributed by atoms with van der Waals surface area (Å²) in [5, 5.41) is 22.9. The Kier molecular flexibility index (Phi) is 4.88. The molecule has 0 bridgehead atoms. The van der Waals surface area contributed by atoms with E-state index in [0.29, 0.717) is 6.54 Å². The second kappa shape index (κ2) is 6.64. The molecule has 0 radical (unpaired) electrons. The Morgan fingerprint density at radius 2 is 1.75 bits per heavy atom. The average molecular weight is 292 g/mol. The SMILES string of the molecule is CCC(NCc1ccc(O)c(O)c1)c1ccc(Cl)cc1. The Balaban J connectivity index is 2.03. The molecule has 0 aromatic heterocycles. The molecular weight excluding hydrogens is 274 g/mol. The Hall–Kier alpha value is -1.71. The first kappa shape index (κ1) is 14.7. The minimum absolute atomic E-state index is 0.0937. The van der Waals surface area contributed by atoms with E-state index in [1.807, 2.05) is 24.3 Å². The van der Waals surface area contributed by atoms with Crippen LogP contribution in [-0.2, 0) is 6.54 Å². The first-order chi connectivity index (χ1) is 9.60. The number of phenolic OH excluding ortho intramolecular Hbond substituents is 2. The van der Waals surface area contributed by atoms with Crippen LogP contribution in [0.15, 0.2) is 42.5 Å². The molecule has 0 saturated carbocycles. The van der Waals surface area contributed by atoms with Crippen LogP contribution in [0.25, 0.3) is 0 Å². The van der Waals surface area contributed by atoms with Crippen molar-refractivity contribution in [1.29, 1.82) is 0 Å². The Bertz CT molecular complexity index is 569. The third-order valence-corrected chi connectivity index (χ3v) is 3.53. The molecule has 0 aliphatic carbocycles. The maximum Gasteiger partial charge on any atom is 0.157 e. The quantitative estimate of drug-likeness (QED) is 0.730. The first-order valence-corrected chi connectivity index (χ1v) is 6.97. The molecule has 4 heteroatoms. The molecule has 0 heterocycles. The smallest absolute Gasteiger partial charge is 0.157 e. The zero-order valence-corrected chi connectivity index (χ0v) is 12.1. The van der Waals surface area contributed by atoms with Crippen LogP contribution in [0.3, 0.4) is 0 Å². The van der Waals surface area contributed by atoms with Crippen molar-refractivity contribution in [3.8, 4) is 11.5 Å². The van der Waals surface area contributed by atoms with Crippen molar-refractivity contribution in [2.24, 2.45) is 0 Å². The molecule has 0 saturated heterocycles. The summed E-state index contributed by atoms with van der Waals surface area (Å²) >= 11 is 5.89. The summed E-state index contributed by atoms with van der Waals surface area (Å²) in [5.41, 5.74) is 2.10. The molecule has 0 aliphatic heterocycles. The van der Waals surface area contributed by atoms with E-state index in [1.165, 1.54) is 11.6 Å². The topological polar surface area (TPSA) is 52.5 Å². The predicted octanol–water partition coefficient (Wildman–Crippen LogP) is 3.99. The molecule has 3 N–H and O–H groups in total. The molecule has 3 nitrogen and oxygen atoms in total. The normalized spacial score (nSPS) is 12.3. The highest BCUT2D eigenvalue weighted by molar-refractivity contribution is 6.30. The van der Waals surface area contributed by atoms with Gasteiger partial charge in [-0.3, -0.25) is 0 Å². The van der Waals surface area contributed by atoms with Gasteiger partial charge in [-0.1, -0.05) is 36.7 Å². The van der Waals surface area contributed by atoms with Crippen molar-refractivity contribution in [3.05, 3.63) is 58.6 Å². The number of hydrogen-bond acceptors (Lipinski definition) is 3. The summed E-state index contributed by atoms with van der Waals surface area (Å²) in [6, 6.07) is 12.9. The lowest BCUT2D eigenvalue weighted by molar-refractivity contribution is 0.402. The summed E-state index contributed by atoms with van der Waals surface area (Å²) < 4.78 is 0. The minimum Gasteiger partial charge on any atom is -0.504 e. The molecule has 0 aliphatic rings. The summed E-state index contributed by atoms with van der Waals surface area (Å²) in [6.07, 6.45) is 0.950. The highest BCUT2D eigenvalue weighted by Gasteiger charge is 2.09. The molecule has 0 spiro atoms. The number of phenols is 2. The van der Waals surface area contributed by atoms with Crippen LogP contribution in [0.4, 0.5) is 0 Å². The van der Waals surface area contributed by atoms with E-state index < -0.39 is 0 Å². The number of benzene rings is 2. The molecule has 2 rings (SSSR count). The molecule has 1 atom stereocenters. The van der Waals surface area contributed by atoms with Crippen LogP contribution in [0.1, 0.15) is 30.5 Å². The largest absolute Gasteiger partial charge is 0.504 e. The highest BCUT2D eigenvalue weighted by Crippen LogP contribution is 2.25. The van der Waals surface area contributed by atoms with Gasteiger partial charge in [-0.25, -0.2) is 0 Å². The third-order valence-electron chi connectivity index (χ3n) is 3.27. The van der Waals surface area contributed by atoms with Gasteiger partial charge in [-0.2, -0.15) is 0 Å². The molecule has 1 unspecified atom stereocenters. The van der Waals surface area contributed by atoms with E-state index in [4.69, 9.17) is 11.6 Å². The van der Waals surface area contributed by atoms with Crippen molar-refractivity contribution >= 4 is 11.6 Å². The van der Waals surface area contributed by atoms with Crippen LogP contribution in [0.2, 0.25) is 5.02 Å². The fourth-order valence-electron chi connectivity index (χ4n) is 2.11. The van der Waals surface area contributed by atoms with Gasteiger partial charge in [0.25, 0.3) is 0 Å². The number of rotatable bonds is 5. The Morgan fingerprint density at radius 3 is 2.35 bits per heavy atom. The molecule has 0 amide bonds. The van der Waals surface area contributed by atoms with Gasteiger partial charge in [0.1, 0.15) is 0 Å². The monoisotopic (exact) mass is 291 g/mol. The van der Waals surface area contributed by atoms with Crippen molar-refractivity contribution in [2.45, 2.75) is 25.9 Å². The van der Waals surface area contributed by atoms with E-state index in [1.54, 1.807) is 12.1 Å². The average Bonchev–Trinajstić information content (AvgIpc) is 2.45. The third kappa shape index (κ3) is 3.65. The molecule has 20 heavy (non-hydrogen) atoms. The number of halogens is 1. The van der Waals surface area contributed by atoms with Crippen LogP contribution >= 0.6 is 11.6 Å². The van der Waals surface area contributed by atoms with Crippen molar-refractivity contribution in [2.75, 3.05) is 0 Å². The summed E-state index contributed by atoms with van der Waals surface area (Å²) in [5.74, 6) is -0.192. The van der Waals surface area contributed by atoms with Gasteiger partial charge in [0, 0.05) is 17.6 Å². The fourth-order valence-corrected chi connectivity index (χ4v) is 2.24. The molecule has 2 aromatic carbocycles. The second-order valence-corrected chi connectivity index (χ2v) is 5.15. The lowest BCUT2D eigenvalue weighted by atomic mass is 10.0. The van der Waals surface area contributed by atoms with Gasteiger partial charge in [0.05, 0.1) is 0 Å². The molecule has 106 valence electrons. The van der Waals surface area contributed by atoms with E-state index in [0.717, 1.165) is 17.0 Å². The van der Waals surface area contributed by atoms with Gasteiger partial charge < -0.3 is 15.5 Å². The van der Waals surface area contributed by atoms with E-state index >= 15 is 0 Å². The lowest BCUT2D eigenvalue weighted by Gasteiger charge is -2.18. The zero-order valence-electron chi connectivity index (χ0n) is 11.3. The fraction of sp³-hybridized carbons (Fsp3) is 0.250. The van der Waals surface area contributed by atoms with Gasteiger partial charge in [-0.15, -0.1) is 0 Å². The standard InChI is InChI=1S/C16H18ClNO2/c1-2-14(12-4-6-13(17)7-5-12)18-10-11-3-8-15(19)16(20)9-11/h3-9,14,18-20H,2,10H2,1H3. The van der Waals surface area contributed by atoms with Gasteiger partial charge in [-0.05, 0) is 41.8 Å². The van der Waals surface area contributed by atoms with Crippen molar-refractivity contribution in [1.82, 2.24) is 5.32 Å². The number of aromatic hydroxyl groups is 2. The van der Waals surface area contributed by atoms with Crippen molar-refractivity contribution in [3.63, 3.8) is 0 Å². The van der Waals surface area contributed by atoms with E-state index in [-0.39, 0.29) is 17.5 Å². The predicted molar refractivity (Wildman–Crippen MR) is 81.1 cm³/mol. The second-order valence-electron chi connectivity index (χ2n) is 4.72. The van der Waals surface area contributed by atoms with Crippen LogP contribution in [0, 0.1) is 0 Å². The zero-order chi connectivity index (χ0) is 14.5. The minimum atomic E-state index is -0.0986. The number of nitrogens with one attached hydrogen (secondary N) is 1. The van der Waals surface area contributed by atoms with Crippen LogP contribution in [-0.4, -0.2) is 10.2 Å². The van der Waals surface area contributed by atoms with Crippen molar-refractivity contribution < 1.29 is 10.2 Å². The lowest BCUT2D eigenvalue weighted by Crippen LogP contribution is -2.20. The van der Waals surface area contributed by atoms with Gasteiger partial charge in [0.2, 0.25) is 0 Å². The van der Waals surface area contributed by atoms with Crippen LogP contribution < -0.4 is 5.32 Å². The first-order valence-electron chi connectivity index (χ1n) is 6.60. The molecule has 2 aromatic rings. The van der Waals surface area contributed by atoms with Crippen LogP contribution in [0.5, 0.6) is 11.5 Å².